The number of unbranched alkanes of at least 4 members (excludes halogenated alkanes) is 1. The molecule has 0 saturated heterocycles. The maximum Gasteiger partial charge on any atom is 0.119 e. The highest BCUT2D eigenvalue weighted by Gasteiger charge is 2.04. The summed E-state index contributed by atoms with van der Waals surface area (Å²) in [6.07, 6.45) is 2.81. The molecule has 0 amide bonds. The molecule has 0 aromatic heterocycles. The molecule has 1 atom stereocenters. The molecule has 0 spiro atoms. The van der Waals surface area contributed by atoms with Gasteiger partial charge in [0.15, 0.2) is 0 Å². The minimum atomic E-state index is -0.0882. The van der Waals surface area contributed by atoms with E-state index in [-0.39, 0.29) is 12.6 Å². The molecule has 1 rings (SSSR count). The van der Waals surface area contributed by atoms with E-state index in [1.54, 1.807) is 0 Å². The minimum absolute atomic E-state index is 0.0882. The Morgan fingerprint density at radius 2 is 2.00 bits per heavy atom. The molecule has 3 heteroatoms. The summed E-state index contributed by atoms with van der Waals surface area (Å²) in [4.78, 5) is 0. The molecule has 0 aliphatic carbocycles. The van der Waals surface area contributed by atoms with Gasteiger partial charge in [-0.05, 0) is 30.5 Å². The van der Waals surface area contributed by atoms with E-state index in [9.17, 15) is 0 Å². The van der Waals surface area contributed by atoms with Crippen LogP contribution in [0.4, 0.5) is 0 Å². The molecule has 1 unspecified atom stereocenters. The first-order valence-electron chi connectivity index (χ1n) is 5.87. The van der Waals surface area contributed by atoms with Gasteiger partial charge in [-0.25, -0.2) is 0 Å². The third kappa shape index (κ3) is 4.21. The van der Waals surface area contributed by atoms with Gasteiger partial charge < -0.3 is 15.6 Å². The fourth-order valence-corrected chi connectivity index (χ4v) is 1.45. The predicted octanol–water partition coefficient (Wildman–Crippen LogP) is 2.25. The maximum absolute atomic E-state index is 8.79. The SMILES string of the molecule is CCCCOc1ccc(C(N)CCO)cc1. The summed E-state index contributed by atoms with van der Waals surface area (Å²) >= 11 is 0. The Hall–Kier alpha value is -1.06. The maximum atomic E-state index is 8.79. The van der Waals surface area contributed by atoms with Gasteiger partial charge in [-0.15, -0.1) is 0 Å². The van der Waals surface area contributed by atoms with Gasteiger partial charge >= 0.3 is 0 Å². The van der Waals surface area contributed by atoms with Crippen molar-refractivity contribution in [2.24, 2.45) is 5.73 Å². The van der Waals surface area contributed by atoms with E-state index < -0.39 is 0 Å². The standard InChI is InChI=1S/C13H21NO2/c1-2-3-10-16-12-6-4-11(5-7-12)13(14)8-9-15/h4-7,13,15H,2-3,8-10,14H2,1H3. The highest BCUT2D eigenvalue weighted by atomic mass is 16.5. The first-order valence-corrected chi connectivity index (χ1v) is 5.87. The van der Waals surface area contributed by atoms with E-state index in [2.05, 4.69) is 6.92 Å². The van der Waals surface area contributed by atoms with Crippen molar-refractivity contribution in [1.82, 2.24) is 0 Å². The summed E-state index contributed by atoms with van der Waals surface area (Å²) in [6.45, 7) is 3.02. The van der Waals surface area contributed by atoms with Crippen LogP contribution in [0, 0.1) is 0 Å². The lowest BCUT2D eigenvalue weighted by atomic mass is 10.1. The van der Waals surface area contributed by atoms with Crippen molar-refractivity contribution >= 4 is 0 Å². The van der Waals surface area contributed by atoms with Gasteiger partial charge in [-0.1, -0.05) is 25.5 Å². The second-order valence-electron chi connectivity index (χ2n) is 3.89. The monoisotopic (exact) mass is 223 g/mol. The Morgan fingerprint density at radius 3 is 2.56 bits per heavy atom. The molecule has 16 heavy (non-hydrogen) atoms. The summed E-state index contributed by atoms with van der Waals surface area (Å²) in [5, 5.41) is 8.79. The number of benzene rings is 1. The first-order chi connectivity index (χ1) is 7.77. The van der Waals surface area contributed by atoms with Crippen LogP contribution >= 0.6 is 0 Å². The molecule has 0 heterocycles. The quantitative estimate of drug-likeness (QED) is 0.697. The number of aliphatic hydroxyl groups is 1. The third-order valence-corrected chi connectivity index (χ3v) is 2.51. The van der Waals surface area contributed by atoms with Crippen LogP contribution < -0.4 is 10.5 Å². The normalized spacial score (nSPS) is 12.4. The van der Waals surface area contributed by atoms with Crippen LogP contribution in [0.3, 0.4) is 0 Å². The van der Waals surface area contributed by atoms with Gasteiger partial charge in [-0.3, -0.25) is 0 Å². The lowest BCUT2D eigenvalue weighted by molar-refractivity contribution is 0.276. The van der Waals surface area contributed by atoms with E-state index in [4.69, 9.17) is 15.6 Å². The summed E-state index contributed by atoms with van der Waals surface area (Å²) in [7, 11) is 0. The van der Waals surface area contributed by atoms with Crippen LogP contribution in [0.1, 0.15) is 37.8 Å². The number of aliphatic hydroxyl groups excluding tert-OH is 1. The van der Waals surface area contributed by atoms with Crippen LogP contribution in [-0.4, -0.2) is 18.3 Å². The van der Waals surface area contributed by atoms with Crippen molar-refractivity contribution in [3.63, 3.8) is 0 Å². The minimum Gasteiger partial charge on any atom is -0.494 e. The molecule has 1 aromatic rings. The number of rotatable bonds is 7. The number of hydrogen-bond donors (Lipinski definition) is 2. The molecule has 0 radical (unpaired) electrons. The van der Waals surface area contributed by atoms with Crippen molar-refractivity contribution in [2.75, 3.05) is 13.2 Å². The summed E-state index contributed by atoms with van der Waals surface area (Å²) in [5.74, 6) is 0.883. The lowest BCUT2D eigenvalue weighted by Crippen LogP contribution is -2.11. The van der Waals surface area contributed by atoms with Crippen LogP contribution in [0.2, 0.25) is 0 Å². The Labute approximate surface area is 97.2 Å². The average Bonchev–Trinajstić information content (AvgIpc) is 2.30. The Balaban J connectivity index is 2.47. The molecule has 0 saturated carbocycles. The van der Waals surface area contributed by atoms with Crippen LogP contribution in [0.25, 0.3) is 0 Å². The van der Waals surface area contributed by atoms with E-state index in [1.807, 2.05) is 24.3 Å². The molecule has 0 aliphatic rings. The predicted molar refractivity (Wildman–Crippen MR) is 65.5 cm³/mol. The van der Waals surface area contributed by atoms with Crippen molar-refractivity contribution in [3.8, 4) is 5.75 Å². The second kappa shape index (κ2) is 7.25. The Morgan fingerprint density at radius 1 is 1.31 bits per heavy atom. The van der Waals surface area contributed by atoms with Crippen molar-refractivity contribution in [2.45, 2.75) is 32.2 Å². The molecule has 90 valence electrons. The van der Waals surface area contributed by atoms with Crippen molar-refractivity contribution in [3.05, 3.63) is 29.8 Å². The number of hydrogen-bond acceptors (Lipinski definition) is 3. The van der Waals surface area contributed by atoms with E-state index >= 15 is 0 Å². The number of nitrogens with two attached hydrogens (primary N) is 1. The first kappa shape index (κ1) is 13.0. The number of ether oxygens (including phenoxy) is 1. The lowest BCUT2D eigenvalue weighted by Gasteiger charge is -2.11. The molecule has 3 nitrogen and oxygen atoms in total. The highest BCUT2D eigenvalue weighted by Crippen LogP contribution is 2.18. The summed E-state index contributed by atoms with van der Waals surface area (Å²) in [6, 6.07) is 7.70. The fraction of sp³-hybridized carbons (Fsp3) is 0.538. The Kier molecular flexibility index (Phi) is 5.90. The van der Waals surface area contributed by atoms with Gasteiger partial charge in [0.1, 0.15) is 5.75 Å². The molecule has 0 aliphatic heterocycles. The molecular formula is C13H21NO2. The van der Waals surface area contributed by atoms with E-state index in [0.717, 1.165) is 30.8 Å². The molecule has 0 bridgehead atoms. The van der Waals surface area contributed by atoms with Gasteiger partial charge in [0.05, 0.1) is 6.61 Å². The molecule has 0 fully saturated rings. The van der Waals surface area contributed by atoms with Crippen molar-refractivity contribution in [1.29, 1.82) is 0 Å². The zero-order valence-electron chi connectivity index (χ0n) is 9.86. The molecular weight excluding hydrogens is 202 g/mol. The topological polar surface area (TPSA) is 55.5 Å². The summed E-state index contributed by atoms with van der Waals surface area (Å²) < 4.78 is 5.55. The zero-order chi connectivity index (χ0) is 11.8. The summed E-state index contributed by atoms with van der Waals surface area (Å²) in [5.41, 5.74) is 6.92. The highest BCUT2D eigenvalue weighted by molar-refractivity contribution is 5.28. The van der Waals surface area contributed by atoms with Gasteiger partial charge in [0, 0.05) is 12.6 Å². The van der Waals surface area contributed by atoms with Gasteiger partial charge in [0.2, 0.25) is 0 Å². The van der Waals surface area contributed by atoms with E-state index in [0.29, 0.717) is 6.42 Å². The molecule has 3 N–H and O–H groups in total. The zero-order valence-corrected chi connectivity index (χ0v) is 9.86. The van der Waals surface area contributed by atoms with Gasteiger partial charge in [-0.2, -0.15) is 0 Å². The van der Waals surface area contributed by atoms with Crippen LogP contribution in [0.15, 0.2) is 24.3 Å². The fourth-order valence-electron chi connectivity index (χ4n) is 1.45. The smallest absolute Gasteiger partial charge is 0.119 e. The second-order valence-corrected chi connectivity index (χ2v) is 3.89. The molecule has 1 aromatic carbocycles. The van der Waals surface area contributed by atoms with E-state index in [1.165, 1.54) is 0 Å². The third-order valence-electron chi connectivity index (χ3n) is 2.51. The van der Waals surface area contributed by atoms with Gasteiger partial charge in [0.25, 0.3) is 0 Å². The van der Waals surface area contributed by atoms with Crippen LogP contribution in [0.5, 0.6) is 5.75 Å². The average molecular weight is 223 g/mol. The van der Waals surface area contributed by atoms with Crippen molar-refractivity contribution < 1.29 is 9.84 Å². The largest absolute Gasteiger partial charge is 0.494 e. The van der Waals surface area contributed by atoms with Crippen LogP contribution in [-0.2, 0) is 0 Å². The Bertz CT molecular complexity index is 284.